The fourth-order valence-electron chi connectivity index (χ4n) is 2.86. The number of hydrogen-bond acceptors (Lipinski definition) is 2. The molecular formula is C18H21N3O. The van der Waals surface area contributed by atoms with Gasteiger partial charge in [-0.2, -0.15) is 0 Å². The largest absolute Gasteiger partial charge is 0.349 e. The van der Waals surface area contributed by atoms with Crippen LogP contribution in [-0.2, 0) is 11.2 Å². The number of benzene rings is 1. The Kier molecular flexibility index (Phi) is 4.68. The predicted octanol–water partition coefficient (Wildman–Crippen LogP) is 3.17. The molecule has 1 aliphatic rings. The molecule has 0 unspecified atom stereocenters. The third-order valence-electron chi connectivity index (χ3n) is 4.11. The van der Waals surface area contributed by atoms with Gasteiger partial charge in [0.2, 0.25) is 5.91 Å². The van der Waals surface area contributed by atoms with E-state index in [0.717, 1.165) is 30.7 Å². The molecule has 0 bridgehead atoms. The number of amides is 1. The highest BCUT2D eigenvalue weighted by Gasteiger charge is 2.23. The lowest BCUT2D eigenvalue weighted by molar-refractivity contribution is -0.126. The number of allylic oxidation sites excluding steroid dienone is 2. The fourth-order valence-corrected chi connectivity index (χ4v) is 2.86. The summed E-state index contributed by atoms with van der Waals surface area (Å²) in [4.78, 5) is 19.9. The molecule has 2 atom stereocenters. The van der Waals surface area contributed by atoms with Crippen molar-refractivity contribution < 1.29 is 4.79 Å². The van der Waals surface area contributed by atoms with Gasteiger partial charge in [0.15, 0.2) is 0 Å². The number of aromatic nitrogens is 2. The predicted molar refractivity (Wildman–Crippen MR) is 86.1 cm³/mol. The average Bonchev–Trinajstić information content (AvgIpc) is 3.09. The van der Waals surface area contributed by atoms with Crippen LogP contribution in [0.15, 0.2) is 54.9 Å². The summed E-state index contributed by atoms with van der Waals surface area (Å²) in [5, 5.41) is 3.21. The molecule has 4 nitrogen and oxygen atoms in total. The summed E-state index contributed by atoms with van der Waals surface area (Å²) in [6.07, 6.45) is 11.3. The maximum absolute atomic E-state index is 12.5. The van der Waals surface area contributed by atoms with Gasteiger partial charge in [0, 0.05) is 24.7 Å². The van der Waals surface area contributed by atoms with Crippen molar-refractivity contribution in [2.75, 3.05) is 0 Å². The zero-order valence-corrected chi connectivity index (χ0v) is 12.5. The molecule has 1 heterocycles. The summed E-state index contributed by atoms with van der Waals surface area (Å²) >= 11 is 0. The molecule has 1 aromatic heterocycles. The summed E-state index contributed by atoms with van der Waals surface area (Å²) in [6.45, 7) is 0. The van der Waals surface area contributed by atoms with Crippen molar-refractivity contribution in [1.29, 1.82) is 0 Å². The first kappa shape index (κ1) is 14.6. The van der Waals surface area contributed by atoms with Crippen LogP contribution in [0, 0.1) is 5.92 Å². The first-order valence-corrected chi connectivity index (χ1v) is 7.81. The number of nitrogens with one attached hydrogen (secondary N) is 2. The highest BCUT2D eigenvalue weighted by atomic mass is 16.1. The minimum Gasteiger partial charge on any atom is -0.349 e. The topological polar surface area (TPSA) is 57.8 Å². The molecule has 22 heavy (non-hydrogen) atoms. The van der Waals surface area contributed by atoms with Crippen LogP contribution in [0.2, 0.25) is 0 Å². The Morgan fingerprint density at radius 1 is 1.32 bits per heavy atom. The van der Waals surface area contributed by atoms with Crippen LogP contribution in [-0.4, -0.2) is 15.9 Å². The van der Waals surface area contributed by atoms with Gasteiger partial charge in [-0.15, -0.1) is 0 Å². The van der Waals surface area contributed by atoms with Crippen molar-refractivity contribution in [3.8, 4) is 0 Å². The van der Waals surface area contributed by atoms with E-state index in [1.54, 1.807) is 6.20 Å². The van der Waals surface area contributed by atoms with Gasteiger partial charge in [0.1, 0.15) is 5.82 Å². The van der Waals surface area contributed by atoms with E-state index in [0.29, 0.717) is 6.42 Å². The SMILES string of the molecule is O=C(N[C@@H](Cc1ncc[nH]1)c1ccccc1)[C@H]1CC=CCC1. The number of nitrogens with zero attached hydrogens (tertiary/aromatic N) is 1. The Hall–Kier alpha value is -2.36. The summed E-state index contributed by atoms with van der Waals surface area (Å²) in [6, 6.07) is 10.0. The van der Waals surface area contributed by atoms with Crippen LogP contribution >= 0.6 is 0 Å². The Morgan fingerprint density at radius 2 is 2.18 bits per heavy atom. The van der Waals surface area contributed by atoms with E-state index in [1.807, 2.05) is 24.4 Å². The van der Waals surface area contributed by atoms with E-state index < -0.39 is 0 Å². The van der Waals surface area contributed by atoms with Gasteiger partial charge in [-0.25, -0.2) is 4.98 Å². The van der Waals surface area contributed by atoms with Gasteiger partial charge in [0.25, 0.3) is 0 Å². The van der Waals surface area contributed by atoms with E-state index >= 15 is 0 Å². The first-order chi connectivity index (χ1) is 10.8. The van der Waals surface area contributed by atoms with Crippen LogP contribution < -0.4 is 5.32 Å². The number of imidazole rings is 1. The highest BCUT2D eigenvalue weighted by molar-refractivity contribution is 5.79. The van der Waals surface area contributed by atoms with E-state index in [1.165, 1.54) is 0 Å². The molecule has 2 N–H and O–H groups in total. The first-order valence-electron chi connectivity index (χ1n) is 7.81. The fraction of sp³-hybridized carbons (Fsp3) is 0.333. The summed E-state index contributed by atoms with van der Waals surface area (Å²) in [5.41, 5.74) is 1.11. The normalized spacial score (nSPS) is 18.8. The molecule has 4 heteroatoms. The Morgan fingerprint density at radius 3 is 2.86 bits per heavy atom. The lowest BCUT2D eigenvalue weighted by Crippen LogP contribution is -2.35. The molecule has 1 aromatic carbocycles. The van der Waals surface area contributed by atoms with Gasteiger partial charge in [-0.05, 0) is 24.8 Å². The maximum atomic E-state index is 12.5. The Balaban J connectivity index is 1.73. The molecule has 0 radical (unpaired) electrons. The van der Waals surface area contributed by atoms with Crippen LogP contribution in [0.5, 0.6) is 0 Å². The van der Waals surface area contributed by atoms with Crippen molar-refractivity contribution in [1.82, 2.24) is 15.3 Å². The van der Waals surface area contributed by atoms with Crippen molar-refractivity contribution in [3.05, 3.63) is 66.3 Å². The highest BCUT2D eigenvalue weighted by Crippen LogP contribution is 2.22. The Labute approximate surface area is 130 Å². The summed E-state index contributed by atoms with van der Waals surface area (Å²) < 4.78 is 0. The molecule has 3 rings (SSSR count). The third kappa shape index (κ3) is 3.64. The van der Waals surface area contributed by atoms with Crippen LogP contribution in [0.25, 0.3) is 0 Å². The van der Waals surface area contributed by atoms with Crippen molar-refractivity contribution in [3.63, 3.8) is 0 Å². The van der Waals surface area contributed by atoms with Gasteiger partial charge >= 0.3 is 0 Å². The molecule has 0 saturated carbocycles. The van der Waals surface area contributed by atoms with Crippen molar-refractivity contribution >= 4 is 5.91 Å². The molecular weight excluding hydrogens is 274 g/mol. The summed E-state index contributed by atoms with van der Waals surface area (Å²) in [5.74, 6) is 1.12. The standard InChI is InChI=1S/C18H21N3O/c22-18(15-9-5-2-6-10-15)21-16(13-17-19-11-12-20-17)14-7-3-1-4-8-14/h1-5,7-8,11-12,15-16H,6,9-10,13H2,(H,19,20)(H,21,22)/t15-,16-/m0/s1. The number of carbonyl (C=O) groups is 1. The molecule has 0 spiro atoms. The second-order valence-corrected chi connectivity index (χ2v) is 5.69. The van der Waals surface area contributed by atoms with Gasteiger partial charge in [-0.3, -0.25) is 4.79 Å². The van der Waals surface area contributed by atoms with Crippen molar-refractivity contribution in [2.45, 2.75) is 31.7 Å². The molecule has 0 fully saturated rings. The number of carbonyl (C=O) groups excluding carboxylic acids is 1. The van der Waals surface area contributed by atoms with Crippen LogP contribution in [0.4, 0.5) is 0 Å². The molecule has 1 amide bonds. The zero-order valence-electron chi connectivity index (χ0n) is 12.5. The van der Waals surface area contributed by atoms with Crippen LogP contribution in [0.1, 0.15) is 36.7 Å². The number of H-pyrrole nitrogens is 1. The summed E-state index contributed by atoms with van der Waals surface area (Å²) in [7, 11) is 0. The number of aromatic amines is 1. The van der Waals surface area contributed by atoms with Crippen molar-refractivity contribution in [2.24, 2.45) is 5.92 Å². The van der Waals surface area contributed by atoms with E-state index in [9.17, 15) is 4.79 Å². The lowest BCUT2D eigenvalue weighted by Gasteiger charge is -2.23. The molecule has 0 saturated heterocycles. The molecule has 114 valence electrons. The molecule has 1 aliphatic carbocycles. The minimum absolute atomic E-state index is 0.0502. The third-order valence-corrected chi connectivity index (χ3v) is 4.11. The van der Waals surface area contributed by atoms with Gasteiger partial charge in [-0.1, -0.05) is 42.5 Å². The zero-order chi connectivity index (χ0) is 15.2. The Bertz CT molecular complexity index is 619. The quantitative estimate of drug-likeness (QED) is 0.832. The minimum atomic E-state index is -0.0502. The maximum Gasteiger partial charge on any atom is 0.223 e. The van der Waals surface area contributed by atoms with E-state index in [2.05, 4.69) is 39.6 Å². The second kappa shape index (κ2) is 7.07. The average molecular weight is 295 g/mol. The molecule has 0 aliphatic heterocycles. The van der Waals surface area contributed by atoms with E-state index in [4.69, 9.17) is 0 Å². The van der Waals surface area contributed by atoms with E-state index in [-0.39, 0.29) is 17.9 Å². The van der Waals surface area contributed by atoms with Crippen LogP contribution in [0.3, 0.4) is 0 Å². The smallest absolute Gasteiger partial charge is 0.223 e. The number of hydrogen-bond donors (Lipinski definition) is 2. The van der Waals surface area contributed by atoms with Gasteiger partial charge in [0.05, 0.1) is 6.04 Å². The lowest BCUT2D eigenvalue weighted by atomic mass is 9.92. The molecule has 2 aromatic rings. The van der Waals surface area contributed by atoms with Gasteiger partial charge < -0.3 is 10.3 Å². The second-order valence-electron chi connectivity index (χ2n) is 5.69. The monoisotopic (exact) mass is 295 g/mol. The number of rotatable bonds is 5.